The molecule has 3 aromatic rings. The summed E-state index contributed by atoms with van der Waals surface area (Å²) in [7, 11) is 1.61. The third-order valence-corrected chi connectivity index (χ3v) is 5.84. The van der Waals surface area contributed by atoms with Crippen LogP contribution in [-0.4, -0.2) is 34.4 Å². The van der Waals surface area contributed by atoms with E-state index in [1.807, 2.05) is 43.3 Å². The largest absolute Gasteiger partial charge is 0.496 e. The molecular weight excluding hydrogens is 407 g/mol. The number of ether oxygens (including phenoxy) is 1. The van der Waals surface area contributed by atoms with Crippen molar-refractivity contribution in [2.24, 2.45) is 0 Å². The molecule has 1 aliphatic heterocycles. The molecule has 0 saturated carbocycles. The third kappa shape index (κ3) is 4.94. The summed E-state index contributed by atoms with van der Waals surface area (Å²) in [6.45, 7) is 3.85. The SMILES string of the molecule is COc1ccccc1CNC(=O)c1cnc([C@@H]2CCCN2Cc2ccc(F)cc2)nc1C. The molecule has 0 unspecified atom stereocenters. The van der Waals surface area contributed by atoms with E-state index in [-0.39, 0.29) is 17.8 Å². The normalized spacial score (nSPS) is 16.2. The van der Waals surface area contributed by atoms with Crippen molar-refractivity contribution < 1.29 is 13.9 Å². The molecule has 1 aliphatic rings. The van der Waals surface area contributed by atoms with Gasteiger partial charge in [0.2, 0.25) is 0 Å². The predicted molar refractivity (Wildman–Crippen MR) is 120 cm³/mol. The zero-order valence-corrected chi connectivity index (χ0v) is 18.3. The van der Waals surface area contributed by atoms with E-state index in [9.17, 15) is 9.18 Å². The minimum Gasteiger partial charge on any atom is -0.496 e. The van der Waals surface area contributed by atoms with Gasteiger partial charge in [0.15, 0.2) is 0 Å². The van der Waals surface area contributed by atoms with E-state index in [2.05, 4.69) is 20.2 Å². The molecule has 166 valence electrons. The second-order valence-electron chi connectivity index (χ2n) is 7.98. The zero-order chi connectivity index (χ0) is 22.5. The first-order chi connectivity index (χ1) is 15.5. The quantitative estimate of drug-likeness (QED) is 0.604. The molecule has 2 heterocycles. The van der Waals surface area contributed by atoms with Gasteiger partial charge in [0.1, 0.15) is 17.4 Å². The van der Waals surface area contributed by atoms with Crippen LogP contribution < -0.4 is 10.1 Å². The molecule has 1 saturated heterocycles. The lowest BCUT2D eigenvalue weighted by Crippen LogP contribution is -2.27. The molecule has 2 aromatic carbocycles. The smallest absolute Gasteiger partial charge is 0.254 e. The van der Waals surface area contributed by atoms with Crippen molar-refractivity contribution in [2.45, 2.75) is 38.9 Å². The first-order valence-corrected chi connectivity index (χ1v) is 10.8. The number of hydrogen-bond acceptors (Lipinski definition) is 5. The molecule has 7 heteroatoms. The predicted octanol–water partition coefficient (Wildman–Crippen LogP) is 4.20. The van der Waals surface area contributed by atoms with Gasteiger partial charge < -0.3 is 10.1 Å². The Kier molecular flexibility index (Phi) is 6.75. The van der Waals surface area contributed by atoms with Crippen molar-refractivity contribution in [1.29, 1.82) is 0 Å². The molecule has 0 radical (unpaired) electrons. The summed E-state index contributed by atoms with van der Waals surface area (Å²) in [4.78, 5) is 24.3. The number of amides is 1. The fourth-order valence-electron chi connectivity index (χ4n) is 4.12. The Morgan fingerprint density at radius 3 is 2.75 bits per heavy atom. The summed E-state index contributed by atoms with van der Waals surface area (Å²) in [5.41, 5.74) is 3.08. The molecule has 6 nitrogen and oxygen atoms in total. The maximum Gasteiger partial charge on any atom is 0.254 e. The molecule has 0 spiro atoms. The summed E-state index contributed by atoms with van der Waals surface area (Å²) in [5.74, 6) is 1.02. The maximum atomic E-state index is 13.2. The lowest BCUT2D eigenvalue weighted by atomic mass is 10.1. The monoisotopic (exact) mass is 434 g/mol. The second kappa shape index (κ2) is 9.87. The van der Waals surface area contributed by atoms with E-state index >= 15 is 0 Å². The molecule has 1 fully saturated rings. The molecule has 32 heavy (non-hydrogen) atoms. The van der Waals surface area contributed by atoms with E-state index in [0.29, 0.717) is 24.3 Å². The van der Waals surface area contributed by atoms with Gasteiger partial charge in [-0.3, -0.25) is 9.69 Å². The van der Waals surface area contributed by atoms with Gasteiger partial charge in [0, 0.05) is 24.8 Å². The van der Waals surface area contributed by atoms with Crippen molar-refractivity contribution in [2.75, 3.05) is 13.7 Å². The van der Waals surface area contributed by atoms with Crippen molar-refractivity contribution >= 4 is 5.91 Å². The van der Waals surface area contributed by atoms with Gasteiger partial charge in [-0.05, 0) is 50.1 Å². The Morgan fingerprint density at radius 1 is 1.22 bits per heavy atom. The van der Waals surface area contributed by atoms with Crippen LogP contribution >= 0.6 is 0 Å². The van der Waals surface area contributed by atoms with E-state index in [1.54, 1.807) is 13.3 Å². The number of methoxy groups -OCH3 is 1. The molecule has 0 bridgehead atoms. The number of halogens is 1. The van der Waals surface area contributed by atoms with Crippen molar-refractivity contribution in [3.63, 3.8) is 0 Å². The average Bonchev–Trinajstić information content (AvgIpc) is 3.27. The van der Waals surface area contributed by atoms with Crippen molar-refractivity contribution in [3.05, 3.63) is 88.8 Å². The van der Waals surface area contributed by atoms with Crippen LogP contribution in [0.15, 0.2) is 54.7 Å². The Balaban J connectivity index is 1.44. The van der Waals surface area contributed by atoms with E-state index in [4.69, 9.17) is 4.74 Å². The van der Waals surface area contributed by atoms with Crippen LogP contribution in [0.3, 0.4) is 0 Å². The van der Waals surface area contributed by atoms with E-state index in [1.165, 1.54) is 12.1 Å². The minimum absolute atomic E-state index is 0.0874. The molecule has 0 aliphatic carbocycles. The number of nitrogens with zero attached hydrogens (tertiary/aromatic N) is 3. The number of hydrogen-bond donors (Lipinski definition) is 1. The van der Waals surface area contributed by atoms with Crippen LogP contribution in [-0.2, 0) is 13.1 Å². The highest BCUT2D eigenvalue weighted by molar-refractivity contribution is 5.94. The Labute approximate surface area is 187 Å². The van der Waals surface area contributed by atoms with E-state index < -0.39 is 0 Å². The van der Waals surface area contributed by atoms with Gasteiger partial charge in [-0.2, -0.15) is 0 Å². The zero-order valence-electron chi connectivity index (χ0n) is 18.3. The first-order valence-electron chi connectivity index (χ1n) is 10.8. The Morgan fingerprint density at radius 2 is 2.00 bits per heavy atom. The number of para-hydroxylation sites is 1. The van der Waals surface area contributed by atoms with Crippen molar-refractivity contribution in [3.8, 4) is 5.75 Å². The van der Waals surface area contributed by atoms with Crippen LogP contribution in [0.1, 0.15) is 51.9 Å². The lowest BCUT2D eigenvalue weighted by molar-refractivity contribution is 0.0949. The number of benzene rings is 2. The Hall–Kier alpha value is -3.32. The van der Waals surface area contributed by atoms with Crippen molar-refractivity contribution in [1.82, 2.24) is 20.2 Å². The maximum absolute atomic E-state index is 13.2. The molecule has 1 amide bonds. The standard InChI is InChI=1S/C25H27FN4O2/c1-17-21(25(31)28-14-19-6-3-4-8-23(19)32-2)15-27-24(29-17)22-7-5-13-30(22)16-18-9-11-20(26)12-10-18/h3-4,6,8-12,15,22H,5,7,13-14,16H2,1-2H3,(H,28,31)/t22-/m0/s1. The lowest BCUT2D eigenvalue weighted by Gasteiger charge is -2.23. The van der Waals surface area contributed by atoms with Gasteiger partial charge in [0.25, 0.3) is 5.91 Å². The number of rotatable bonds is 7. The summed E-state index contributed by atoms with van der Waals surface area (Å²) in [5, 5.41) is 2.93. The number of carbonyl (C=O) groups excluding carboxylic acids is 1. The average molecular weight is 435 g/mol. The van der Waals surface area contributed by atoms with Gasteiger partial charge in [0.05, 0.1) is 24.4 Å². The van der Waals surface area contributed by atoms with Crippen LogP contribution in [0.25, 0.3) is 0 Å². The highest BCUT2D eigenvalue weighted by atomic mass is 19.1. The summed E-state index contributed by atoms with van der Waals surface area (Å²) in [6, 6.07) is 14.3. The van der Waals surface area contributed by atoms with Gasteiger partial charge >= 0.3 is 0 Å². The van der Waals surface area contributed by atoms with Gasteiger partial charge in [-0.25, -0.2) is 14.4 Å². The molecule has 1 aromatic heterocycles. The second-order valence-corrected chi connectivity index (χ2v) is 7.98. The number of nitrogens with one attached hydrogen (secondary N) is 1. The Bertz CT molecular complexity index is 1090. The summed E-state index contributed by atoms with van der Waals surface area (Å²) in [6.07, 6.45) is 3.62. The fourth-order valence-corrected chi connectivity index (χ4v) is 4.12. The summed E-state index contributed by atoms with van der Waals surface area (Å²) >= 11 is 0. The van der Waals surface area contributed by atoms with Crippen LogP contribution in [0, 0.1) is 12.7 Å². The molecule has 1 atom stereocenters. The number of carbonyl (C=O) groups is 1. The molecule has 1 N–H and O–H groups in total. The third-order valence-electron chi connectivity index (χ3n) is 5.84. The van der Waals surface area contributed by atoms with Crippen LogP contribution in [0.5, 0.6) is 5.75 Å². The molecule has 4 rings (SSSR count). The van der Waals surface area contributed by atoms with Crippen LogP contribution in [0.2, 0.25) is 0 Å². The fraction of sp³-hybridized carbons (Fsp3) is 0.320. The minimum atomic E-state index is -0.231. The highest BCUT2D eigenvalue weighted by Crippen LogP contribution is 2.31. The van der Waals surface area contributed by atoms with E-state index in [0.717, 1.165) is 42.1 Å². The van der Waals surface area contributed by atoms with Gasteiger partial charge in [-0.1, -0.05) is 30.3 Å². The highest BCUT2D eigenvalue weighted by Gasteiger charge is 2.29. The van der Waals surface area contributed by atoms with Crippen LogP contribution in [0.4, 0.5) is 4.39 Å². The van der Waals surface area contributed by atoms with Gasteiger partial charge in [-0.15, -0.1) is 0 Å². The number of aryl methyl sites for hydroxylation is 1. The number of aromatic nitrogens is 2. The first kappa shape index (κ1) is 21.9. The molecular formula is C25H27FN4O2. The topological polar surface area (TPSA) is 67.3 Å². The summed E-state index contributed by atoms with van der Waals surface area (Å²) < 4.78 is 18.5. The number of likely N-dealkylation sites (tertiary alicyclic amines) is 1.